The van der Waals surface area contributed by atoms with E-state index in [2.05, 4.69) is 40.9 Å². The number of rotatable bonds is 5. The van der Waals surface area contributed by atoms with Gasteiger partial charge in [-0.25, -0.2) is 0 Å². The zero-order valence-corrected chi connectivity index (χ0v) is 13.3. The minimum Gasteiger partial charge on any atom is -0.324 e. The number of piperazine rings is 1. The summed E-state index contributed by atoms with van der Waals surface area (Å²) in [6.45, 7) is 11.2. The van der Waals surface area contributed by atoms with Crippen molar-refractivity contribution in [2.75, 3.05) is 38.0 Å². The Balaban J connectivity index is 1.77. The molecule has 1 aromatic heterocycles. The number of anilines is 1. The van der Waals surface area contributed by atoms with Gasteiger partial charge in [0.15, 0.2) is 0 Å². The molecule has 0 bridgehead atoms. The second kappa shape index (κ2) is 7.00. The van der Waals surface area contributed by atoms with Crippen LogP contribution in [0.2, 0.25) is 0 Å². The fourth-order valence-electron chi connectivity index (χ4n) is 2.58. The maximum absolute atomic E-state index is 12.0. The summed E-state index contributed by atoms with van der Waals surface area (Å²) < 4.78 is 0. The van der Waals surface area contributed by atoms with Crippen molar-refractivity contribution in [3.05, 3.63) is 24.5 Å². The van der Waals surface area contributed by atoms with E-state index in [0.29, 0.717) is 6.54 Å². The number of pyridine rings is 1. The molecule has 0 aromatic carbocycles. The van der Waals surface area contributed by atoms with Crippen LogP contribution in [0.25, 0.3) is 0 Å². The second-order valence-corrected chi connectivity index (χ2v) is 6.22. The minimum absolute atomic E-state index is 0.0335. The molecule has 5 heteroatoms. The normalized spacial score (nSPS) is 17.7. The number of nitrogens with zero attached hydrogens (tertiary/aromatic N) is 3. The molecule has 1 aliphatic rings. The third-order valence-corrected chi connectivity index (χ3v) is 4.41. The van der Waals surface area contributed by atoms with Gasteiger partial charge in [0, 0.05) is 37.9 Å². The smallest absolute Gasteiger partial charge is 0.238 e. The number of hydrogen-bond donors (Lipinski definition) is 1. The number of nitrogens with one attached hydrogen (secondary N) is 1. The average molecular weight is 290 g/mol. The van der Waals surface area contributed by atoms with Crippen LogP contribution >= 0.6 is 0 Å². The highest BCUT2D eigenvalue weighted by Gasteiger charge is 2.28. The molecule has 0 spiro atoms. The molecule has 1 amide bonds. The van der Waals surface area contributed by atoms with Crippen LogP contribution in [0.15, 0.2) is 24.5 Å². The lowest BCUT2D eigenvalue weighted by Gasteiger charge is -2.43. The average Bonchev–Trinajstić information content (AvgIpc) is 2.48. The lowest BCUT2D eigenvalue weighted by atomic mass is 9.98. The van der Waals surface area contributed by atoms with Crippen molar-refractivity contribution in [1.82, 2.24) is 14.8 Å². The van der Waals surface area contributed by atoms with Gasteiger partial charge in [0.2, 0.25) is 5.91 Å². The predicted octanol–water partition coefficient (Wildman–Crippen LogP) is 1.83. The molecule has 1 N–H and O–H groups in total. The van der Waals surface area contributed by atoms with Gasteiger partial charge in [-0.05, 0) is 32.4 Å². The highest BCUT2D eigenvalue weighted by molar-refractivity contribution is 5.92. The largest absolute Gasteiger partial charge is 0.324 e. The molecular formula is C16H26N4O. The summed E-state index contributed by atoms with van der Waals surface area (Å²) in [6, 6.07) is 3.67. The van der Waals surface area contributed by atoms with Gasteiger partial charge in [-0.2, -0.15) is 0 Å². The molecule has 1 fully saturated rings. The van der Waals surface area contributed by atoms with Crippen LogP contribution in [-0.2, 0) is 4.79 Å². The Hall–Kier alpha value is -1.46. The first-order chi connectivity index (χ1) is 10.0. The summed E-state index contributed by atoms with van der Waals surface area (Å²) in [5, 5.41) is 2.89. The van der Waals surface area contributed by atoms with Crippen molar-refractivity contribution in [1.29, 1.82) is 0 Å². The zero-order chi connectivity index (χ0) is 15.3. The molecule has 1 aromatic rings. The SMILES string of the molecule is CCC(C)(C)N1CCN(CC(=O)Nc2cccnc2)CC1. The molecule has 0 aliphatic carbocycles. The molecule has 2 rings (SSSR count). The molecule has 0 atom stereocenters. The quantitative estimate of drug-likeness (QED) is 0.899. The highest BCUT2D eigenvalue weighted by atomic mass is 16.2. The lowest BCUT2D eigenvalue weighted by molar-refractivity contribution is -0.117. The van der Waals surface area contributed by atoms with E-state index in [9.17, 15) is 4.79 Å². The molecule has 21 heavy (non-hydrogen) atoms. The molecule has 1 saturated heterocycles. The number of aromatic nitrogens is 1. The Kier molecular flexibility index (Phi) is 5.31. The van der Waals surface area contributed by atoms with E-state index in [1.165, 1.54) is 0 Å². The van der Waals surface area contributed by atoms with Crippen molar-refractivity contribution in [2.45, 2.75) is 32.7 Å². The van der Waals surface area contributed by atoms with Gasteiger partial charge in [-0.15, -0.1) is 0 Å². The maximum atomic E-state index is 12.0. The van der Waals surface area contributed by atoms with E-state index >= 15 is 0 Å². The standard InChI is InChI=1S/C16H26N4O/c1-4-16(2,3)20-10-8-19(9-11-20)13-15(21)18-14-6-5-7-17-12-14/h5-7,12H,4,8-11,13H2,1-3H3,(H,18,21). The van der Waals surface area contributed by atoms with E-state index in [0.717, 1.165) is 38.3 Å². The number of hydrogen-bond acceptors (Lipinski definition) is 4. The van der Waals surface area contributed by atoms with E-state index in [1.807, 2.05) is 12.1 Å². The Labute approximate surface area is 127 Å². The maximum Gasteiger partial charge on any atom is 0.238 e. The lowest BCUT2D eigenvalue weighted by Crippen LogP contribution is -2.55. The van der Waals surface area contributed by atoms with E-state index < -0.39 is 0 Å². The highest BCUT2D eigenvalue weighted by Crippen LogP contribution is 2.20. The Bertz CT molecular complexity index is 453. The number of carbonyl (C=O) groups is 1. The van der Waals surface area contributed by atoms with Crippen LogP contribution < -0.4 is 5.32 Å². The summed E-state index contributed by atoms with van der Waals surface area (Å²) in [4.78, 5) is 20.7. The van der Waals surface area contributed by atoms with Crippen molar-refractivity contribution in [2.24, 2.45) is 0 Å². The molecule has 2 heterocycles. The van der Waals surface area contributed by atoms with Crippen molar-refractivity contribution < 1.29 is 4.79 Å². The van der Waals surface area contributed by atoms with Crippen LogP contribution in [-0.4, -0.2) is 59.0 Å². The van der Waals surface area contributed by atoms with Gasteiger partial charge in [-0.1, -0.05) is 6.92 Å². The molecule has 5 nitrogen and oxygen atoms in total. The summed E-state index contributed by atoms with van der Waals surface area (Å²) in [5.74, 6) is 0.0335. The van der Waals surface area contributed by atoms with Crippen molar-refractivity contribution in [3.8, 4) is 0 Å². The minimum atomic E-state index is 0.0335. The Morgan fingerprint density at radius 2 is 2.05 bits per heavy atom. The fourth-order valence-corrected chi connectivity index (χ4v) is 2.58. The second-order valence-electron chi connectivity index (χ2n) is 6.22. The van der Waals surface area contributed by atoms with Gasteiger partial charge >= 0.3 is 0 Å². The summed E-state index contributed by atoms with van der Waals surface area (Å²) in [5.41, 5.74) is 1.01. The van der Waals surface area contributed by atoms with Crippen LogP contribution in [0.3, 0.4) is 0 Å². The predicted molar refractivity (Wildman–Crippen MR) is 85.2 cm³/mol. The molecule has 116 valence electrons. The van der Waals surface area contributed by atoms with Crippen molar-refractivity contribution >= 4 is 11.6 Å². The molecular weight excluding hydrogens is 264 g/mol. The van der Waals surface area contributed by atoms with Gasteiger partial charge < -0.3 is 5.32 Å². The monoisotopic (exact) mass is 290 g/mol. The first kappa shape index (κ1) is 15.9. The van der Waals surface area contributed by atoms with Gasteiger partial charge in [0.25, 0.3) is 0 Å². The molecule has 0 saturated carbocycles. The zero-order valence-electron chi connectivity index (χ0n) is 13.3. The van der Waals surface area contributed by atoms with E-state index in [1.54, 1.807) is 12.4 Å². The third-order valence-electron chi connectivity index (χ3n) is 4.41. The van der Waals surface area contributed by atoms with Crippen molar-refractivity contribution in [3.63, 3.8) is 0 Å². The van der Waals surface area contributed by atoms with E-state index in [4.69, 9.17) is 0 Å². The van der Waals surface area contributed by atoms with Crippen LogP contribution in [0.4, 0.5) is 5.69 Å². The fraction of sp³-hybridized carbons (Fsp3) is 0.625. The third kappa shape index (κ3) is 4.51. The summed E-state index contributed by atoms with van der Waals surface area (Å²) in [6.07, 6.45) is 4.51. The van der Waals surface area contributed by atoms with E-state index in [-0.39, 0.29) is 11.4 Å². The Morgan fingerprint density at radius 1 is 1.33 bits per heavy atom. The first-order valence-corrected chi connectivity index (χ1v) is 7.68. The molecule has 0 unspecified atom stereocenters. The number of carbonyl (C=O) groups excluding carboxylic acids is 1. The summed E-state index contributed by atoms with van der Waals surface area (Å²) in [7, 11) is 0. The van der Waals surface area contributed by atoms with Crippen LogP contribution in [0.1, 0.15) is 27.2 Å². The summed E-state index contributed by atoms with van der Waals surface area (Å²) >= 11 is 0. The van der Waals surface area contributed by atoms with Gasteiger partial charge in [0.1, 0.15) is 0 Å². The van der Waals surface area contributed by atoms with Crippen LogP contribution in [0.5, 0.6) is 0 Å². The van der Waals surface area contributed by atoms with Gasteiger partial charge in [0.05, 0.1) is 18.4 Å². The first-order valence-electron chi connectivity index (χ1n) is 7.68. The molecule has 1 aliphatic heterocycles. The Morgan fingerprint density at radius 3 is 2.62 bits per heavy atom. The number of amides is 1. The topological polar surface area (TPSA) is 48.5 Å². The molecule has 0 radical (unpaired) electrons. The van der Waals surface area contributed by atoms with Crippen LogP contribution in [0, 0.1) is 0 Å². The van der Waals surface area contributed by atoms with Gasteiger partial charge in [-0.3, -0.25) is 19.6 Å².